The van der Waals surface area contributed by atoms with Gasteiger partial charge in [0.05, 0.1) is 11.7 Å². The van der Waals surface area contributed by atoms with Gasteiger partial charge in [-0.3, -0.25) is 9.94 Å². The van der Waals surface area contributed by atoms with Gasteiger partial charge in [-0.1, -0.05) is 6.42 Å². The number of rotatable bonds is 2. The molecule has 1 heterocycles. The van der Waals surface area contributed by atoms with E-state index in [2.05, 4.69) is 26.4 Å². The molecule has 2 aromatic rings. The van der Waals surface area contributed by atoms with Crippen molar-refractivity contribution in [2.75, 3.05) is 5.32 Å². The normalized spacial score (nSPS) is 18.4. The Morgan fingerprint density at radius 2 is 2.11 bits per heavy atom. The van der Waals surface area contributed by atoms with Crippen molar-refractivity contribution in [2.45, 2.75) is 37.8 Å². The summed E-state index contributed by atoms with van der Waals surface area (Å²) in [5.74, 6) is 0. The maximum atomic E-state index is 7.47. The van der Waals surface area contributed by atoms with E-state index in [4.69, 9.17) is 6.57 Å². The van der Waals surface area contributed by atoms with Crippen LogP contribution in [-0.4, -0.2) is 15.9 Å². The summed E-state index contributed by atoms with van der Waals surface area (Å²) in [6, 6.07) is 6.08. The zero-order valence-corrected chi connectivity index (χ0v) is 10.2. The number of aromatic nitrogens is 2. The summed E-state index contributed by atoms with van der Waals surface area (Å²) in [4.78, 5) is 3.86. The monoisotopic (exact) mass is 240 g/mol. The molecule has 0 aliphatic heterocycles. The Morgan fingerprint density at radius 3 is 2.89 bits per heavy atom. The molecule has 0 unspecified atom stereocenters. The van der Waals surface area contributed by atoms with Crippen LogP contribution in [0.3, 0.4) is 0 Å². The summed E-state index contributed by atoms with van der Waals surface area (Å²) in [6.07, 6.45) is 7.23. The summed E-state index contributed by atoms with van der Waals surface area (Å²) in [5.41, 5.74) is 1.65. The molecule has 18 heavy (non-hydrogen) atoms. The number of benzene rings is 1. The Kier molecular flexibility index (Phi) is 2.67. The van der Waals surface area contributed by atoms with E-state index in [9.17, 15) is 0 Å². The van der Waals surface area contributed by atoms with Gasteiger partial charge in [-0.15, -0.1) is 0 Å². The van der Waals surface area contributed by atoms with Crippen LogP contribution in [0.5, 0.6) is 0 Å². The maximum Gasteiger partial charge on any atom is 0.305 e. The third-order valence-electron chi connectivity index (χ3n) is 3.71. The van der Waals surface area contributed by atoms with Crippen LogP contribution < -0.4 is 5.32 Å². The zero-order chi connectivity index (χ0) is 12.4. The van der Waals surface area contributed by atoms with E-state index < -0.39 is 5.66 Å². The quantitative estimate of drug-likeness (QED) is 0.788. The molecule has 4 nitrogen and oxygen atoms in total. The maximum absolute atomic E-state index is 7.47. The van der Waals surface area contributed by atoms with Crippen LogP contribution in [-0.2, 0) is 0 Å². The number of fused-ring (bicyclic) bond motifs is 1. The van der Waals surface area contributed by atoms with Gasteiger partial charge in [-0.05, 0) is 31.0 Å². The first kappa shape index (κ1) is 11.1. The SMILES string of the molecule is [C-]#[N+]C1(Nc2ccc3[nH]ncc3c2)CCCCC1. The summed E-state index contributed by atoms with van der Waals surface area (Å²) >= 11 is 0. The van der Waals surface area contributed by atoms with Gasteiger partial charge in [0.25, 0.3) is 0 Å². The summed E-state index contributed by atoms with van der Waals surface area (Å²) in [6.45, 7) is 7.47. The number of nitrogens with one attached hydrogen (secondary N) is 2. The Balaban J connectivity index is 1.88. The van der Waals surface area contributed by atoms with Crippen molar-refractivity contribution in [1.29, 1.82) is 0 Å². The lowest BCUT2D eigenvalue weighted by Gasteiger charge is -2.27. The third kappa shape index (κ3) is 1.92. The van der Waals surface area contributed by atoms with Crippen LogP contribution in [0, 0.1) is 6.57 Å². The third-order valence-corrected chi connectivity index (χ3v) is 3.71. The van der Waals surface area contributed by atoms with E-state index in [1.165, 1.54) is 6.42 Å². The van der Waals surface area contributed by atoms with Crippen molar-refractivity contribution in [1.82, 2.24) is 10.2 Å². The lowest BCUT2D eigenvalue weighted by atomic mass is 9.89. The molecule has 0 radical (unpaired) electrons. The first-order valence-electron chi connectivity index (χ1n) is 6.41. The topological polar surface area (TPSA) is 45.1 Å². The average Bonchev–Trinajstić information content (AvgIpc) is 2.87. The minimum atomic E-state index is -0.393. The summed E-state index contributed by atoms with van der Waals surface area (Å²) < 4.78 is 0. The molecule has 4 heteroatoms. The Labute approximate surface area is 106 Å². The summed E-state index contributed by atoms with van der Waals surface area (Å²) in [5, 5.41) is 11.5. The van der Waals surface area contributed by atoms with Gasteiger partial charge in [-0.2, -0.15) is 5.10 Å². The number of aromatic amines is 1. The van der Waals surface area contributed by atoms with E-state index in [1.54, 1.807) is 0 Å². The van der Waals surface area contributed by atoms with E-state index in [0.29, 0.717) is 0 Å². The minimum absolute atomic E-state index is 0.393. The minimum Gasteiger partial charge on any atom is -0.314 e. The van der Waals surface area contributed by atoms with Crippen molar-refractivity contribution in [3.05, 3.63) is 35.8 Å². The number of anilines is 1. The van der Waals surface area contributed by atoms with E-state index in [0.717, 1.165) is 42.3 Å². The van der Waals surface area contributed by atoms with E-state index >= 15 is 0 Å². The molecule has 2 N–H and O–H groups in total. The molecule has 0 atom stereocenters. The molecule has 0 bridgehead atoms. The van der Waals surface area contributed by atoms with Crippen molar-refractivity contribution in [3.8, 4) is 0 Å². The van der Waals surface area contributed by atoms with Gasteiger partial charge in [0, 0.05) is 23.9 Å². The highest BCUT2D eigenvalue weighted by molar-refractivity contribution is 5.81. The van der Waals surface area contributed by atoms with Gasteiger partial charge in [-0.25, -0.2) is 6.57 Å². The van der Waals surface area contributed by atoms with Gasteiger partial charge in [0.2, 0.25) is 0 Å². The fourth-order valence-electron chi connectivity index (χ4n) is 2.69. The molecular weight excluding hydrogens is 224 g/mol. The lowest BCUT2D eigenvalue weighted by molar-refractivity contribution is 0.382. The average molecular weight is 240 g/mol. The summed E-state index contributed by atoms with van der Waals surface area (Å²) in [7, 11) is 0. The predicted octanol–water partition coefficient (Wildman–Crippen LogP) is 3.55. The molecule has 0 amide bonds. The first-order chi connectivity index (χ1) is 8.81. The first-order valence-corrected chi connectivity index (χ1v) is 6.41. The number of nitrogens with zero attached hydrogens (tertiary/aromatic N) is 2. The highest BCUT2D eigenvalue weighted by atomic mass is 15.1. The molecule has 3 rings (SSSR count). The van der Waals surface area contributed by atoms with Gasteiger partial charge >= 0.3 is 5.66 Å². The van der Waals surface area contributed by atoms with Crippen LogP contribution >= 0.6 is 0 Å². The Hall–Kier alpha value is -2.02. The standard InChI is InChI=1S/C14H16N4/c1-15-14(7-3-2-4-8-14)17-12-5-6-13-11(9-12)10-16-18-13/h5-6,9-10,17H,2-4,7-8H2,(H,16,18). The molecule has 0 spiro atoms. The molecule has 1 aromatic carbocycles. The second kappa shape index (κ2) is 4.34. The van der Waals surface area contributed by atoms with Crippen LogP contribution in [0.15, 0.2) is 24.4 Å². The molecule has 1 aliphatic rings. The van der Waals surface area contributed by atoms with Gasteiger partial charge in [0.15, 0.2) is 0 Å². The zero-order valence-electron chi connectivity index (χ0n) is 10.2. The molecule has 1 fully saturated rings. The second-order valence-electron chi connectivity index (χ2n) is 5.00. The highest BCUT2D eigenvalue weighted by Crippen LogP contribution is 2.33. The lowest BCUT2D eigenvalue weighted by Crippen LogP contribution is -2.36. The molecule has 92 valence electrons. The largest absolute Gasteiger partial charge is 0.314 e. The number of hydrogen-bond acceptors (Lipinski definition) is 2. The van der Waals surface area contributed by atoms with Crippen LogP contribution in [0.25, 0.3) is 15.7 Å². The molecule has 1 aromatic heterocycles. The van der Waals surface area contributed by atoms with Crippen molar-refractivity contribution < 1.29 is 0 Å². The van der Waals surface area contributed by atoms with Crippen LogP contribution in [0.4, 0.5) is 5.69 Å². The fourth-order valence-corrected chi connectivity index (χ4v) is 2.69. The number of hydrogen-bond donors (Lipinski definition) is 2. The molecule has 1 saturated carbocycles. The van der Waals surface area contributed by atoms with Crippen molar-refractivity contribution >= 4 is 16.6 Å². The van der Waals surface area contributed by atoms with E-state index in [1.807, 2.05) is 18.3 Å². The molecular formula is C14H16N4. The van der Waals surface area contributed by atoms with Gasteiger partial charge in [0.1, 0.15) is 0 Å². The van der Waals surface area contributed by atoms with Crippen molar-refractivity contribution in [3.63, 3.8) is 0 Å². The van der Waals surface area contributed by atoms with Crippen LogP contribution in [0.2, 0.25) is 0 Å². The Morgan fingerprint density at radius 1 is 1.28 bits per heavy atom. The molecule has 1 aliphatic carbocycles. The van der Waals surface area contributed by atoms with Crippen molar-refractivity contribution in [2.24, 2.45) is 0 Å². The van der Waals surface area contributed by atoms with E-state index in [-0.39, 0.29) is 0 Å². The smallest absolute Gasteiger partial charge is 0.305 e. The predicted molar refractivity (Wildman–Crippen MR) is 72.1 cm³/mol. The number of H-pyrrole nitrogens is 1. The second-order valence-corrected chi connectivity index (χ2v) is 5.00. The van der Waals surface area contributed by atoms with Gasteiger partial charge < -0.3 is 5.32 Å². The molecule has 0 saturated heterocycles. The highest BCUT2D eigenvalue weighted by Gasteiger charge is 2.37. The Bertz CT molecular complexity index is 587. The van der Waals surface area contributed by atoms with Crippen LogP contribution in [0.1, 0.15) is 32.1 Å². The fraction of sp³-hybridized carbons (Fsp3) is 0.429.